The van der Waals surface area contributed by atoms with E-state index in [2.05, 4.69) is 50.8 Å². The van der Waals surface area contributed by atoms with Crippen LogP contribution in [0.5, 0.6) is 0 Å². The Morgan fingerprint density at radius 2 is 2.12 bits per heavy atom. The molecule has 0 saturated carbocycles. The van der Waals surface area contributed by atoms with Crippen molar-refractivity contribution in [2.75, 3.05) is 0 Å². The lowest BCUT2D eigenvalue weighted by atomic mass is 9.74. The van der Waals surface area contributed by atoms with Crippen molar-refractivity contribution in [1.82, 2.24) is 0 Å². The molecule has 1 unspecified atom stereocenters. The predicted octanol–water partition coefficient (Wildman–Crippen LogP) is 5.16. The van der Waals surface area contributed by atoms with Gasteiger partial charge in [-0.15, -0.1) is 0 Å². The maximum Gasteiger partial charge on any atom is 0.0126 e. The van der Waals surface area contributed by atoms with E-state index in [1.54, 1.807) is 0 Å². The monoisotopic (exact) mass is 226 g/mol. The maximum absolute atomic E-state index is 4.25. The van der Waals surface area contributed by atoms with Crippen LogP contribution in [0, 0.1) is 6.92 Å². The molecular formula is C17H22. The summed E-state index contributed by atoms with van der Waals surface area (Å²) in [5.41, 5.74) is 5.74. The van der Waals surface area contributed by atoms with Crippen LogP contribution in [-0.2, 0) is 0 Å². The first-order chi connectivity index (χ1) is 8.24. The van der Waals surface area contributed by atoms with Crippen LogP contribution in [0.25, 0.3) is 0 Å². The Balaban J connectivity index is 2.09. The highest BCUT2D eigenvalue weighted by molar-refractivity contribution is 5.48. The first kappa shape index (κ1) is 12.2. The van der Waals surface area contributed by atoms with E-state index in [1.807, 2.05) is 0 Å². The fourth-order valence-corrected chi connectivity index (χ4v) is 2.55. The molecule has 0 amide bonds. The molecule has 0 aliphatic heterocycles. The molecule has 17 heavy (non-hydrogen) atoms. The van der Waals surface area contributed by atoms with Gasteiger partial charge in [-0.05, 0) is 42.9 Å². The second kappa shape index (κ2) is 5.35. The molecule has 1 atom stereocenters. The lowest BCUT2D eigenvalue weighted by Crippen LogP contribution is -2.13. The van der Waals surface area contributed by atoms with Crippen molar-refractivity contribution in [1.29, 1.82) is 0 Å². The molecule has 0 bridgehead atoms. The normalized spacial score (nSPS) is 18.5. The lowest BCUT2D eigenvalue weighted by Gasteiger charge is -2.30. The predicted molar refractivity (Wildman–Crippen MR) is 75.3 cm³/mol. The molecule has 0 nitrogen and oxygen atoms in total. The number of hydrogen-bond acceptors (Lipinski definition) is 0. The minimum Gasteiger partial charge on any atom is -0.0955 e. The van der Waals surface area contributed by atoms with E-state index in [9.17, 15) is 0 Å². The zero-order valence-corrected chi connectivity index (χ0v) is 11.0. The van der Waals surface area contributed by atoms with E-state index >= 15 is 0 Å². The van der Waals surface area contributed by atoms with E-state index in [-0.39, 0.29) is 0 Å². The summed E-state index contributed by atoms with van der Waals surface area (Å²) < 4.78 is 0. The SMILES string of the molecule is C=C(CCCC)C1=CCC1c1ccccc1C. The van der Waals surface area contributed by atoms with Gasteiger partial charge in [0.15, 0.2) is 0 Å². The third kappa shape index (κ3) is 2.52. The standard InChI is InChI=1S/C17H22/c1-4-5-8-13(2)16-11-12-17(16)15-10-7-6-9-14(15)3/h6-7,9-11,17H,2,4-5,8,12H2,1,3H3. The summed E-state index contributed by atoms with van der Waals surface area (Å²) in [6.45, 7) is 8.70. The Labute approximate surface area is 105 Å². The van der Waals surface area contributed by atoms with E-state index in [0.717, 1.165) is 6.42 Å². The van der Waals surface area contributed by atoms with Gasteiger partial charge in [-0.1, -0.05) is 55.8 Å². The van der Waals surface area contributed by atoms with Gasteiger partial charge in [0.2, 0.25) is 0 Å². The summed E-state index contributed by atoms with van der Waals surface area (Å²) in [6.07, 6.45) is 7.21. The van der Waals surface area contributed by atoms with Crippen molar-refractivity contribution in [3.8, 4) is 0 Å². The molecule has 1 aromatic rings. The van der Waals surface area contributed by atoms with Gasteiger partial charge in [0.25, 0.3) is 0 Å². The van der Waals surface area contributed by atoms with Crippen LogP contribution in [0.4, 0.5) is 0 Å². The zero-order valence-electron chi connectivity index (χ0n) is 11.0. The van der Waals surface area contributed by atoms with Gasteiger partial charge in [0, 0.05) is 5.92 Å². The van der Waals surface area contributed by atoms with E-state index in [4.69, 9.17) is 0 Å². The molecule has 0 saturated heterocycles. The van der Waals surface area contributed by atoms with Crippen molar-refractivity contribution in [3.63, 3.8) is 0 Å². The van der Waals surface area contributed by atoms with Gasteiger partial charge >= 0.3 is 0 Å². The lowest BCUT2D eigenvalue weighted by molar-refractivity contribution is 0.700. The van der Waals surface area contributed by atoms with Gasteiger partial charge in [0.1, 0.15) is 0 Å². The number of unbranched alkanes of at least 4 members (excludes halogenated alkanes) is 1. The molecule has 0 spiro atoms. The van der Waals surface area contributed by atoms with Gasteiger partial charge in [-0.25, -0.2) is 0 Å². The number of rotatable bonds is 5. The molecule has 2 rings (SSSR count). The fourth-order valence-electron chi connectivity index (χ4n) is 2.55. The summed E-state index contributed by atoms with van der Waals surface area (Å²) in [5, 5.41) is 0. The van der Waals surface area contributed by atoms with Crippen molar-refractivity contribution >= 4 is 0 Å². The van der Waals surface area contributed by atoms with Gasteiger partial charge in [0.05, 0.1) is 0 Å². The summed E-state index contributed by atoms with van der Waals surface area (Å²) >= 11 is 0. The zero-order chi connectivity index (χ0) is 12.3. The minimum atomic E-state index is 0.612. The third-order valence-electron chi connectivity index (χ3n) is 3.75. The van der Waals surface area contributed by atoms with Crippen LogP contribution >= 0.6 is 0 Å². The molecule has 0 radical (unpaired) electrons. The Kier molecular flexibility index (Phi) is 3.83. The quantitative estimate of drug-likeness (QED) is 0.651. The Morgan fingerprint density at radius 1 is 1.35 bits per heavy atom. The van der Waals surface area contributed by atoms with Crippen molar-refractivity contribution in [3.05, 3.63) is 59.2 Å². The molecular weight excluding hydrogens is 204 g/mol. The molecule has 0 heteroatoms. The summed E-state index contributed by atoms with van der Waals surface area (Å²) in [5.74, 6) is 0.612. The van der Waals surface area contributed by atoms with Crippen LogP contribution in [0.15, 0.2) is 48.1 Å². The van der Waals surface area contributed by atoms with Crippen molar-refractivity contribution in [2.45, 2.75) is 45.4 Å². The van der Waals surface area contributed by atoms with E-state index in [0.29, 0.717) is 5.92 Å². The molecule has 1 aromatic carbocycles. The molecule has 0 heterocycles. The highest BCUT2D eigenvalue weighted by Gasteiger charge is 2.25. The molecule has 1 aliphatic rings. The average Bonchev–Trinajstić information content (AvgIpc) is 2.28. The van der Waals surface area contributed by atoms with E-state index in [1.165, 1.54) is 41.5 Å². The second-order valence-electron chi connectivity index (χ2n) is 5.01. The molecule has 0 N–H and O–H groups in total. The topological polar surface area (TPSA) is 0 Å². The number of hydrogen-bond donors (Lipinski definition) is 0. The van der Waals surface area contributed by atoms with Gasteiger partial charge < -0.3 is 0 Å². The van der Waals surface area contributed by atoms with Crippen LogP contribution < -0.4 is 0 Å². The fraction of sp³-hybridized carbons (Fsp3) is 0.412. The van der Waals surface area contributed by atoms with Crippen LogP contribution in [0.2, 0.25) is 0 Å². The number of allylic oxidation sites excluding steroid dienone is 3. The summed E-state index contributed by atoms with van der Waals surface area (Å²) in [7, 11) is 0. The van der Waals surface area contributed by atoms with Gasteiger partial charge in [-0.3, -0.25) is 0 Å². The van der Waals surface area contributed by atoms with Crippen LogP contribution in [0.1, 0.15) is 49.7 Å². The Hall–Kier alpha value is -1.30. The molecule has 90 valence electrons. The first-order valence-electron chi connectivity index (χ1n) is 6.67. The third-order valence-corrected chi connectivity index (χ3v) is 3.75. The second-order valence-corrected chi connectivity index (χ2v) is 5.01. The van der Waals surface area contributed by atoms with Crippen molar-refractivity contribution in [2.24, 2.45) is 0 Å². The first-order valence-corrected chi connectivity index (χ1v) is 6.67. The molecule has 0 aromatic heterocycles. The largest absolute Gasteiger partial charge is 0.0955 e. The Bertz CT molecular complexity index is 437. The van der Waals surface area contributed by atoms with Crippen molar-refractivity contribution < 1.29 is 0 Å². The number of aryl methyl sites for hydroxylation is 1. The van der Waals surface area contributed by atoms with Crippen LogP contribution in [-0.4, -0.2) is 0 Å². The van der Waals surface area contributed by atoms with Crippen LogP contribution in [0.3, 0.4) is 0 Å². The maximum atomic E-state index is 4.25. The Morgan fingerprint density at radius 3 is 2.71 bits per heavy atom. The number of benzene rings is 1. The highest BCUT2D eigenvalue weighted by atomic mass is 14.3. The smallest absolute Gasteiger partial charge is 0.0126 e. The highest BCUT2D eigenvalue weighted by Crippen LogP contribution is 2.42. The minimum absolute atomic E-state index is 0.612. The molecule has 0 fully saturated rings. The summed E-state index contributed by atoms with van der Waals surface area (Å²) in [4.78, 5) is 0. The van der Waals surface area contributed by atoms with E-state index < -0.39 is 0 Å². The summed E-state index contributed by atoms with van der Waals surface area (Å²) in [6, 6.07) is 8.74. The average molecular weight is 226 g/mol. The van der Waals surface area contributed by atoms with Gasteiger partial charge in [-0.2, -0.15) is 0 Å². The molecule has 1 aliphatic carbocycles.